The summed E-state index contributed by atoms with van der Waals surface area (Å²) >= 11 is 8.50. The summed E-state index contributed by atoms with van der Waals surface area (Å²) in [5.41, 5.74) is 4.81. The first-order valence-electron chi connectivity index (χ1n) is 8.85. The molecule has 0 aliphatic rings. The zero-order chi connectivity index (χ0) is 20.2. The maximum atomic E-state index is 13.1. The summed E-state index contributed by atoms with van der Waals surface area (Å²) in [6.45, 7) is 0. The molecule has 0 aliphatic carbocycles. The van der Waals surface area contributed by atoms with Gasteiger partial charge in [0.25, 0.3) is 0 Å². The maximum Gasteiger partial charge on any atom is 0.189 e. The standard InChI is InChI=1S/C23H15Br2FN2S/c24-18-7-3-16(4-8-18)21-13-22(17-5-9-19(25)10-6-17)28-23(27-21)29-14-15-1-11-20(26)12-2-15/h1-13H,14H2. The fraction of sp³-hybridized carbons (Fsp3) is 0.0435. The zero-order valence-corrected chi connectivity index (χ0v) is 19.1. The third-order valence-corrected chi connectivity index (χ3v) is 6.24. The van der Waals surface area contributed by atoms with E-state index < -0.39 is 0 Å². The molecule has 0 unspecified atom stereocenters. The Kier molecular flexibility index (Phi) is 6.43. The van der Waals surface area contributed by atoms with Crippen LogP contribution in [0.25, 0.3) is 22.5 Å². The molecule has 0 fully saturated rings. The molecular formula is C23H15Br2FN2S. The van der Waals surface area contributed by atoms with Gasteiger partial charge in [-0.15, -0.1) is 0 Å². The molecule has 0 saturated carbocycles. The number of benzene rings is 3. The minimum Gasteiger partial charge on any atom is -0.222 e. The predicted molar refractivity (Wildman–Crippen MR) is 124 cm³/mol. The minimum atomic E-state index is -0.232. The average Bonchev–Trinajstić information content (AvgIpc) is 2.74. The van der Waals surface area contributed by atoms with Crippen LogP contribution in [0.1, 0.15) is 5.56 Å². The number of halogens is 3. The smallest absolute Gasteiger partial charge is 0.189 e. The van der Waals surface area contributed by atoms with Crippen molar-refractivity contribution >= 4 is 43.6 Å². The van der Waals surface area contributed by atoms with E-state index in [2.05, 4.69) is 31.9 Å². The van der Waals surface area contributed by atoms with Gasteiger partial charge in [-0.2, -0.15) is 0 Å². The van der Waals surface area contributed by atoms with Gasteiger partial charge in [0, 0.05) is 25.8 Å². The molecule has 0 aliphatic heterocycles. The van der Waals surface area contributed by atoms with Crippen LogP contribution in [0.4, 0.5) is 4.39 Å². The summed E-state index contributed by atoms with van der Waals surface area (Å²) in [7, 11) is 0. The third kappa shape index (κ3) is 5.32. The van der Waals surface area contributed by atoms with Crippen molar-refractivity contribution in [2.75, 3.05) is 0 Å². The molecule has 0 atom stereocenters. The van der Waals surface area contributed by atoms with Crippen molar-refractivity contribution in [1.29, 1.82) is 0 Å². The van der Waals surface area contributed by atoms with Crippen molar-refractivity contribution in [2.24, 2.45) is 0 Å². The van der Waals surface area contributed by atoms with E-state index in [0.717, 1.165) is 37.0 Å². The second-order valence-electron chi connectivity index (χ2n) is 6.35. The van der Waals surface area contributed by atoms with Gasteiger partial charge in [-0.3, -0.25) is 0 Å². The molecule has 6 heteroatoms. The minimum absolute atomic E-state index is 0.232. The number of aromatic nitrogens is 2. The summed E-state index contributed by atoms with van der Waals surface area (Å²) < 4.78 is 15.2. The Bertz CT molecular complexity index is 1050. The Labute approximate surface area is 189 Å². The molecule has 1 heterocycles. The molecule has 0 amide bonds. The second kappa shape index (κ2) is 9.20. The summed E-state index contributed by atoms with van der Waals surface area (Å²) in [6, 6.07) is 24.7. The quantitative estimate of drug-likeness (QED) is 0.195. The maximum absolute atomic E-state index is 13.1. The van der Waals surface area contributed by atoms with Crippen molar-refractivity contribution in [3.05, 3.63) is 99.2 Å². The molecule has 2 nitrogen and oxygen atoms in total. The number of thioether (sulfide) groups is 1. The largest absolute Gasteiger partial charge is 0.222 e. The van der Waals surface area contributed by atoms with Crippen molar-refractivity contribution in [2.45, 2.75) is 10.9 Å². The Balaban J connectivity index is 1.69. The van der Waals surface area contributed by atoms with Gasteiger partial charge >= 0.3 is 0 Å². The lowest BCUT2D eigenvalue weighted by Gasteiger charge is -2.09. The van der Waals surface area contributed by atoms with Gasteiger partial charge in [0.2, 0.25) is 0 Å². The van der Waals surface area contributed by atoms with Gasteiger partial charge in [0.15, 0.2) is 5.16 Å². The van der Waals surface area contributed by atoms with Crippen molar-refractivity contribution in [3.63, 3.8) is 0 Å². The summed E-state index contributed by atoms with van der Waals surface area (Å²) in [4.78, 5) is 9.52. The summed E-state index contributed by atoms with van der Waals surface area (Å²) in [5.74, 6) is 0.439. The highest BCUT2D eigenvalue weighted by Crippen LogP contribution is 2.29. The van der Waals surface area contributed by atoms with Crippen LogP contribution in [0.5, 0.6) is 0 Å². The highest BCUT2D eigenvalue weighted by Gasteiger charge is 2.10. The van der Waals surface area contributed by atoms with Crippen LogP contribution in [0, 0.1) is 5.82 Å². The zero-order valence-electron chi connectivity index (χ0n) is 15.1. The highest BCUT2D eigenvalue weighted by atomic mass is 79.9. The molecule has 3 aromatic carbocycles. The number of hydrogen-bond acceptors (Lipinski definition) is 3. The molecule has 1 aromatic heterocycles. The summed E-state index contributed by atoms with van der Waals surface area (Å²) in [5, 5.41) is 0.688. The molecule has 4 rings (SSSR count). The molecule has 144 valence electrons. The molecule has 0 spiro atoms. The number of nitrogens with zero attached hydrogens (tertiary/aromatic N) is 2. The van der Waals surface area contributed by atoms with Crippen LogP contribution in [0.2, 0.25) is 0 Å². The van der Waals surface area contributed by atoms with Gasteiger partial charge in [-0.05, 0) is 48.0 Å². The van der Waals surface area contributed by atoms with Gasteiger partial charge < -0.3 is 0 Å². The van der Waals surface area contributed by atoms with Crippen molar-refractivity contribution in [3.8, 4) is 22.5 Å². The number of hydrogen-bond donors (Lipinski definition) is 0. The van der Waals surface area contributed by atoms with Crippen LogP contribution >= 0.6 is 43.6 Å². The Morgan fingerprint density at radius 1 is 0.690 bits per heavy atom. The lowest BCUT2D eigenvalue weighted by molar-refractivity contribution is 0.627. The van der Waals surface area contributed by atoms with Crippen LogP contribution < -0.4 is 0 Å². The fourth-order valence-electron chi connectivity index (χ4n) is 2.76. The van der Waals surface area contributed by atoms with E-state index >= 15 is 0 Å². The van der Waals surface area contributed by atoms with Crippen molar-refractivity contribution in [1.82, 2.24) is 9.97 Å². The van der Waals surface area contributed by atoms with Crippen LogP contribution in [-0.4, -0.2) is 9.97 Å². The molecule has 0 radical (unpaired) electrons. The van der Waals surface area contributed by atoms with Gasteiger partial charge in [-0.1, -0.05) is 80.0 Å². The van der Waals surface area contributed by atoms with Crippen LogP contribution in [-0.2, 0) is 5.75 Å². The van der Waals surface area contributed by atoms with Gasteiger partial charge in [0.05, 0.1) is 11.4 Å². The van der Waals surface area contributed by atoms with Crippen molar-refractivity contribution < 1.29 is 4.39 Å². The van der Waals surface area contributed by atoms with E-state index in [1.807, 2.05) is 54.6 Å². The normalized spacial score (nSPS) is 10.9. The van der Waals surface area contributed by atoms with Crippen LogP contribution in [0.3, 0.4) is 0 Å². The van der Waals surface area contributed by atoms with E-state index in [-0.39, 0.29) is 5.82 Å². The first-order valence-corrected chi connectivity index (χ1v) is 11.4. The molecule has 0 N–H and O–H groups in total. The fourth-order valence-corrected chi connectivity index (χ4v) is 4.10. The molecule has 4 aromatic rings. The van der Waals surface area contributed by atoms with E-state index in [4.69, 9.17) is 9.97 Å². The summed E-state index contributed by atoms with van der Waals surface area (Å²) in [6.07, 6.45) is 0. The predicted octanol–water partition coefficient (Wildman–Crippen LogP) is 7.77. The van der Waals surface area contributed by atoms with E-state index in [9.17, 15) is 4.39 Å². The van der Waals surface area contributed by atoms with Crippen LogP contribution in [0.15, 0.2) is 93.0 Å². The van der Waals surface area contributed by atoms with Gasteiger partial charge in [-0.25, -0.2) is 14.4 Å². The van der Waals surface area contributed by atoms with E-state index in [1.54, 1.807) is 23.9 Å². The molecule has 0 bridgehead atoms. The molecule has 0 saturated heterocycles. The lowest BCUT2D eigenvalue weighted by Crippen LogP contribution is -1.95. The highest BCUT2D eigenvalue weighted by molar-refractivity contribution is 9.10. The first-order chi connectivity index (χ1) is 14.1. The van der Waals surface area contributed by atoms with E-state index in [1.165, 1.54) is 12.1 Å². The SMILES string of the molecule is Fc1ccc(CSc2nc(-c3ccc(Br)cc3)cc(-c3ccc(Br)cc3)n2)cc1. The lowest BCUT2D eigenvalue weighted by atomic mass is 10.1. The third-order valence-electron chi connectivity index (χ3n) is 4.27. The molecule has 29 heavy (non-hydrogen) atoms. The first kappa shape index (κ1) is 20.3. The average molecular weight is 530 g/mol. The Hall–Kier alpha value is -2.02. The Morgan fingerprint density at radius 3 is 1.66 bits per heavy atom. The van der Waals surface area contributed by atoms with E-state index in [0.29, 0.717) is 10.9 Å². The number of rotatable bonds is 5. The molecular weight excluding hydrogens is 515 g/mol. The topological polar surface area (TPSA) is 25.8 Å². The Morgan fingerprint density at radius 2 is 1.17 bits per heavy atom. The van der Waals surface area contributed by atoms with Gasteiger partial charge in [0.1, 0.15) is 5.82 Å². The monoisotopic (exact) mass is 528 g/mol. The second-order valence-corrected chi connectivity index (χ2v) is 9.12.